The van der Waals surface area contributed by atoms with Crippen molar-refractivity contribution in [2.75, 3.05) is 30.9 Å². The quantitative estimate of drug-likeness (QED) is 0.432. The van der Waals surface area contributed by atoms with E-state index in [9.17, 15) is 9.59 Å². The van der Waals surface area contributed by atoms with Gasteiger partial charge in [0.05, 0.1) is 12.3 Å². The number of fused-ring (bicyclic) bond motifs is 1. The fourth-order valence-corrected chi connectivity index (χ4v) is 4.45. The van der Waals surface area contributed by atoms with Gasteiger partial charge in [-0.3, -0.25) is 9.59 Å². The predicted molar refractivity (Wildman–Crippen MR) is 133 cm³/mol. The Kier molecular flexibility index (Phi) is 7.98. The molecule has 5 N–H and O–H groups in total. The molecule has 2 aliphatic rings. The summed E-state index contributed by atoms with van der Waals surface area (Å²) in [5, 5.41) is 19.1. The van der Waals surface area contributed by atoms with Crippen LogP contribution in [0.25, 0.3) is 5.65 Å². The Morgan fingerprint density at radius 2 is 1.94 bits per heavy atom. The zero-order valence-corrected chi connectivity index (χ0v) is 19.9. The number of carbonyl (C=O) groups excluding carboxylic acids is 1. The number of aliphatic hydroxyl groups is 1. The van der Waals surface area contributed by atoms with E-state index in [2.05, 4.69) is 20.7 Å². The van der Waals surface area contributed by atoms with Crippen molar-refractivity contribution < 1.29 is 14.6 Å². The lowest BCUT2D eigenvalue weighted by molar-refractivity contribution is 0.0687. The number of aliphatic hydroxyl groups excluding tert-OH is 1. The molecule has 3 aromatic heterocycles. The van der Waals surface area contributed by atoms with Gasteiger partial charge in [-0.15, -0.1) is 0 Å². The number of nitrogens with one attached hydrogen (secondary N) is 2. The van der Waals surface area contributed by atoms with E-state index in [1.54, 1.807) is 29.9 Å². The minimum Gasteiger partial charge on any atom is -0.393 e. The van der Waals surface area contributed by atoms with Crippen molar-refractivity contribution in [3.63, 3.8) is 0 Å². The summed E-state index contributed by atoms with van der Waals surface area (Å²) in [4.78, 5) is 29.0. The molecule has 11 nitrogen and oxygen atoms in total. The lowest BCUT2D eigenvalue weighted by Gasteiger charge is -2.24. The van der Waals surface area contributed by atoms with Crippen LogP contribution < -0.4 is 21.9 Å². The summed E-state index contributed by atoms with van der Waals surface area (Å²) in [6.07, 6.45) is 10.7. The number of nitrogens with two attached hydrogens (primary N) is 1. The lowest BCUT2D eigenvalue weighted by atomic mass is 9.98. The Morgan fingerprint density at radius 3 is 2.57 bits per heavy atom. The molecule has 3 aromatic rings. The number of primary amides is 1. The van der Waals surface area contributed by atoms with E-state index >= 15 is 0 Å². The van der Waals surface area contributed by atoms with Crippen molar-refractivity contribution in [2.45, 2.75) is 57.1 Å². The first-order chi connectivity index (χ1) is 17.0. The van der Waals surface area contributed by atoms with Gasteiger partial charge in [-0.05, 0) is 37.8 Å². The number of amides is 1. The van der Waals surface area contributed by atoms with Gasteiger partial charge in [0.25, 0.3) is 11.5 Å². The van der Waals surface area contributed by atoms with Crippen LogP contribution in [0.3, 0.4) is 0 Å². The average Bonchev–Trinajstić information content (AvgIpc) is 3.31. The summed E-state index contributed by atoms with van der Waals surface area (Å²) in [5.41, 5.74) is 6.18. The molecule has 1 saturated carbocycles. The van der Waals surface area contributed by atoms with Crippen LogP contribution in [0.1, 0.15) is 61.3 Å². The SMILES string of the molecule is CNc1cc(Nc2cccn(C3CCOCC3)c2=O)nc2c(C(N)=O)cnn12.OC1CCCCC1. The van der Waals surface area contributed by atoms with Gasteiger partial charge >= 0.3 is 0 Å². The van der Waals surface area contributed by atoms with Gasteiger partial charge in [0.1, 0.15) is 22.9 Å². The van der Waals surface area contributed by atoms with Crippen molar-refractivity contribution in [1.29, 1.82) is 0 Å². The van der Waals surface area contributed by atoms with E-state index in [1.807, 2.05) is 6.07 Å². The minimum absolute atomic E-state index is 0.0359. The van der Waals surface area contributed by atoms with E-state index in [1.165, 1.54) is 30.0 Å². The Balaban J connectivity index is 0.000000356. The molecule has 1 aliphatic carbocycles. The normalized spacial score (nSPS) is 17.0. The highest BCUT2D eigenvalue weighted by Crippen LogP contribution is 2.22. The molecule has 2 fully saturated rings. The Hall–Kier alpha value is -3.44. The third-order valence-electron chi connectivity index (χ3n) is 6.39. The summed E-state index contributed by atoms with van der Waals surface area (Å²) in [5.74, 6) is 0.380. The standard InChI is InChI=1S/C18H21N7O3.C6H12O/c1-20-15-9-14(23-17-12(16(19)26)10-21-25(15)17)22-13-3-2-6-24(18(13)27)11-4-7-28-8-5-11;7-6-4-2-1-3-5-6/h2-3,6,9-11,20H,4-5,7-8H2,1H3,(H2,19,26)(H,22,23);6-7H,1-5H2. The maximum Gasteiger partial charge on any atom is 0.274 e. The molecule has 0 radical (unpaired) electrons. The third-order valence-corrected chi connectivity index (χ3v) is 6.39. The van der Waals surface area contributed by atoms with Crippen molar-refractivity contribution in [1.82, 2.24) is 19.2 Å². The van der Waals surface area contributed by atoms with Crippen LogP contribution in [0, 0.1) is 0 Å². The minimum atomic E-state index is -0.622. The molecule has 1 aliphatic heterocycles. The number of aromatic nitrogens is 4. The second-order valence-electron chi connectivity index (χ2n) is 8.83. The van der Waals surface area contributed by atoms with E-state index in [-0.39, 0.29) is 23.3 Å². The van der Waals surface area contributed by atoms with Crippen molar-refractivity contribution in [3.8, 4) is 0 Å². The molecule has 0 bridgehead atoms. The van der Waals surface area contributed by atoms with Crippen LogP contribution in [-0.4, -0.2) is 56.5 Å². The third kappa shape index (κ3) is 5.80. The van der Waals surface area contributed by atoms with Crippen LogP contribution in [0.4, 0.5) is 17.3 Å². The van der Waals surface area contributed by atoms with Crippen molar-refractivity contribution >= 4 is 28.9 Å². The monoisotopic (exact) mass is 483 g/mol. The van der Waals surface area contributed by atoms with Gasteiger partial charge in [-0.2, -0.15) is 9.61 Å². The van der Waals surface area contributed by atoms with Crippen LogP contribution in [-0.2, 0) is 4.74 Å². The fourth-order valence-electron chi connectivity index (χ4n) is 4.45. The summed E-state index contributed by atoms with van der Waals surface area (Å²) >= 11 is 0. The topological polar surface area (TPSA) is 149 Å². The van der Waals surface area contributed by atoms with E-state index in [0.717, 1.165) is 25.7 Å². The first-order valence-corrected chi connectivity index (χ1v) is 12.1. The summed E-state index contributed by atoms with van der Waals surface area (Å²) < 4.78 is 8.60. The molecule has 0 atom stereocenters. The number of hydrogen-bond acceptors (Lipinski definition) is 8. The van der Waals surface area contributed by atoms with Gasteiger partial charge in [-0.1, -0.05) is 19.3 Å². The van der Waals surface area contributed by atoms with Gasteiger partial charge in [0, 0.05) is 38.6 Å². The van der Waals surface area contributed by atoms with Gasteiger partial charge in [-0.25, -0.2) is 4.98 Å². The van der Waals surface area contributed by atoms with E-state index in [0.29, 0.717) is 36.2 Å². The smallest absolute Gasteiger partial charge is 0.274 e. The molecular formula is C24H33N7O4. The molecule has 1 amide bonds. The number of hydrogen-bond donors (Lipinski definition) is 4. The highest BCUT2D eigenvalue weighted by Gasteiger charge is 2.19. The largest absolute Gasteiger partial charge is 0.393 e. The number of carbonyl (C=O) groups is 1. The molecule has 0 unspecified atom stereocenters. The van der Waals surface area contributed by atoms with Crippen LogP contribution in [0.5, 0.6) is 0 Å². The highest BCUT2D eigenvalue weighted by molar-refractivity contribution is 5.98. The van der Waals surface area contributed by atoms with E-state index in [4.69, 9.17) is 15.6 Å². The molecular weight excluding hydrogens is 450 g/mol. The predicted octanol–water partition coefficient (Wildman–Crippen LogP) is 2.44. The Bertz CT molecular complexity index is 1210. The first kappa shape index (κ1) is 24.7. The summed E-state index contributed by atoms with van der Waals surface area (Å²) in [6.45, 7) is 1.30. The number of pyridine rings is 1. The van der Waals surface area contributed by atoms with Crippen LogP contribution in [0.2, 0.25) is 0 Å². The highest BCUT2D eigenvalue weighted by atomic mass is 16.5. The second-order valence-corrected chi connectivity index (χ2v) is 8.83. The molecule has 1 saturated heterocycles. The van der Waals surface area contributed by atoms with Crippen molar-refractivity contribution in [3.05, 3.63) is 46.5 Å². The molecule has 4 heterocycles. The molecule has 0 aromatic carbocycles. The van der Waals surface area contributed by atoms with Crippen LogP contribution in [0.15, 0.2) is 35.4 Å². The maximum absolute atomic E-state index is 12.9. The van der Waals surface area contributed by atoms with E-state index < -0.39 is 5.91 Å². The molecule has 5 rings (SSSR count). The summed E-state index contributed by atoms with van der Waals surface area (Å²) in [6, 6.07) is 5.34. The van der Waals surface area contributed by atoms with Crippen LogP contribution >= 0.6 is 0 Å². The number of nitrogens with zero attached hydrogens (tertiary/aromatic N) is 4. The average molecular weight is 484 g/mol. The number of rotatable bonds is 5. The first-order valence-electron chi connectivity index (χ1n) is 12.1. The van der Waals surface area contributed by atoms with Gasteiger partial charge in [0.2, 0.25) is 0 Å². The van der Waals surface area contributed by atoms with Gasteiger partial charge in [0.15, 0.2) is 5.65 Å². The zero-order valence-electron chi connectivity index (χ0n) is 19.9. The Labute approximate surface area is 203 Å². The molecule has 0 spiro atoms. The zero-order chi connectivity index (χ0) is 24.8. The molecule has 188 valence electrons. The molecule has 11 heteroatoms. The molecule has 35 heavy (non-hydrogen) atoms. The Morgan fingerprint density at radius 1 is 1.20 bits per heavy atom. The van der Waals surface area contributed by atoms with Gasteiger partial charge < -0.3 is 30.8 Å². The fraction of sp³-hybridized carbons (Fsp3) is 0.500. The lowest BCUT2D eigenvalue weighted by Crippen LogP contribution is -2.29. The summed E-state index contributed by atoms with van der Waals surface area (Å²) in [7, 11) is 1.73. The maximum atomic E-state index is 12.9. The number of anilines is 3. The van der Waals surface area contributed by atoms with Crippen molar-refractivity contribution in [2.24, 2.45) is 5.73 Å². The second kappa shape index (κ2) is 11.3. The number of ether oxygens (including phenoxy) is 1.